The molecule has 176 valence electrons. The topological polar surface area (TPSA) is 107 Å². The van der Waals surface area contributed by atoms with Crippen molar-refractivity contribution in [1.82, 2.24) is 5.43 Å². The Morgan fingerprint density at radius 1 is 1.09 bits per heavy atom. The normalized spacial score (nSPS) is 12.5. The monoisotopic (exact) mass is 481 g/mol. The van der Waals surface area contributed by atoms with Gasteiger partial charge in [-0.05, 0) is 55.0 Å². The summed E-state index contributed by atoms with van der Waals surface area (Å²) >= 11 is 0. The van der Waals surface area contributed by atoms with Crippen LogP contribution in [0.3, 0.4) is 0 Å². The molecule has 0 radical (unpaired) electrons. The summed E-state index contributed by atoms with van der Waals surface area (Å²) < 4.78 is 43.7. The first-order chi connectivity index (χ1) is 16.4. The number of hydrogen-bond acceptors (Lipinski definition) is 7. The first-order valence-electron chi connectivity index (χ1n) is 10.3. The molecule has 0 saturated heterocycles. The highest BCUT2D eigenvalue weighted by Gasteiger charge is 2.27. The number of hydrazone groups is 1. The number of hydrogen-bond donors (Lipinski definition) is 1. The van der Waals surface area contributed by atoms with E-state index in [4.69, 9.17) is 14.2 Å². The van der Waals surface area contributed by atoms with E-state index in [-0.39, 0.29) is 17.4 Å². The van der Waals surface area contributed by atoms with E-state index in [0.717, 1.165) is 9.87 Å². The smallest absolute Gasteiger partial charge is 0.264 e. The van der Waals surface area contributed by atoms with Crippen molar-refractivity contribution >= 4 is 27.8 Å². The second kappa shape index (κ2) is 9.84. The first-order valence-corrected chi connectivity index (χ1v) is 11.8. The first kappa shape index (κ1) is 23.1. The Morgan fingerprint density at radius 2 is 1.85 bits per heavy atom. The van der Waals surface area contributed by atoms with E-state index < -0.39 is 22.5 Å². The van der Waals surface area contributed by atoms with Crippen LogP contribution in [0.1, 0.15) is 11.1 Å². The maximum absolute atomic E-state index is 13.4. The van der Waals surface area contributed by atoms with Crippen LogP contribution in [-0.2, 0) is 14.8 Å². The Labute approximate surface area is 197 Å². The Morgan fingerprint density at radius 3 is 2.62 bits per heavy atom. The second-order valence-electron chi connectivity index (χ2n) is 7.43. The molecule has 1 aliphatic rings. The molecule has 3 aromatic rings. The molecule has 3 aromatic carbocycles. The Bertz CT molecular complexity index is 1320. The van der Waals surface area contributed by atoms with E-state index in [2.05, 4.69) is 10.5 Å². The van der Waals surface area contributed by atoms with E-state index in [0.29, 0.717) is 22.8 Å². The molecule has 0 aliphatic carbocycles. The zero-order chi connectivity index (χ0) is 24.1. The summed E-state index contributed by atoms with van der Waals surface area (Å²) in [4.78, 5) is 12.8. The molecule has 1 aliphatic heterocycles. The molecule has 0 saturated carbocycles. The number of carbonyl (C=O) groups is 1. The number of carbonyl (C=O) groups excluding carboxylic acids is 1. The number of fused-ring (bicyclic) bond motifs is 1. The molecule has 34 heavy (non-hydrogen) atoms. The van der Waals surface area contributed by atoms with E-state index in [1.165, 1.54) is 25.5 Å². The predicted molar refractivity (Wildman–Crippen MR) is 127 cm³/mol. The van der Waals surface area contributed by atoms with Crippen LogP contribution in [0.25, 0.3) is 0 Å². The number of nitrogens with one attached hydrogen (secondary N) is 1. The van der Waals surface area contributed by atoms with Crippen LogP contribution in [0.2, 0.25) is 0 Å². The number of amides is 1. The van der Waals surface area contributed by atoms with Crippen LogP contribution in [-0.4, -0.2) is 41.0 Å². The number of methoxy groups -OCH3 is 1. The molecule has 9 nitrogen and oxygen atoms in total. The fourth-order valence-corrected chi connectivity index (χ4v) is 4.67. The number of benzene rings is 3. The molecule has 0 unspecified atom stereocenters. The van der Waals surface area contributed by atoms with Crippen molar-refractivity contribution in [3.63, 3.8) is 0 Å². The second-order valence-corrected chi connectivity index (χ2v) is 9.29. The lowest BCUT2D eigenvalue weighted by Gasteiger charge is -2.24. The molecule has 4 rings (SSSR count). The molecule has 0 aromatic heterocycles. The van der Waals surface area contributed by atoms with Gasteiger partial charge in [0.05, 0.1) is 23.9 Å². The number of nitrogens with zero attached hydrogens (tertiary/aromatic N) is 2. The largest absolute Gasteiger partial charge is 0.497 e. The summed E-state index contributed by atoms with van der Waals surface area (Å²) in [5, 5.41) is 3.95. The van der Waals surface area contributed by atoms with E-state index in [1.54, 1.807) is 54.6 Å². The minimum Gasteiger partial charge on any atom is -0.497 e. The predicted octanol–water partition coefficient (Wildman–Crippen LogP) is 3.08. The van der Waals surface area contributed by atoms with Crippen LogP contribution in [0.5, 0.6) is 17.2 Å². The third-order valence-electron chi connectivity index (χ3n) is 5.04. The molecule has 1 heterocycles. The third kappa shape index (κ3) is 5.12. The van der Waals surface area contributed by atoms with Crippen LogP contribution in [0.4, 0.5) is 5.69 Å². The van der Waals surface area contributed by atoms with Gasteiger partial charge in [0.1, 0.15) is 12.3 Å². The summed E-state index contributed by atoms with van der Waals surface area (Å²) in [5.41, 5.74) is 4.27. The molecule has 0 bridgehead atoms. The van der Waals surface area contributed by atoms with Gasteiger partial charge < -0.3 is 14.2 Å². The fraction of sp³-hybridized carbons (Fsp3) is 0.167. The average Bonchev–Trinajstić information content (AvgIpc) is 3.31. The van der Waals surface area contributed by atoms with Gasteiger partial charge in [-0.1, -0.05) is 23.8 Å². The standard InChI is InChI=1S/C24H23N3O6S/c1-17-6-9-21(10-7-17)34(29,30)27(19-4-3-5-20(13-19)31-2)15-24(28)26-25-14-18-8-11-22-23(12-18)33-16-32-22/h3-14H,15-16H2,1-2H3,(H,26,28)/b25-14-. The Hall–Kier alpha value is -4.05. The van der Waals surface area contributed by atoms with Crippen molar-refractivity contribution < 1.29 is 27.4 Å². The molecular weight excluding hydrogens is 458 g/mol. The van der Waals surface area contributed by atoms with Gasteiger partial charge in [0, 0.05) is 6.07 Å². The van der Waals surface area contributed by atoms with Crippen molar-refractivity contribution in [2.45, 2.75) is 11.8 Å². The van der Waals surface area contributed by atoms with E-state index in [1.807, 2.05) is 6.92 Å². The summed E-state index contributed by atoms with van der Waals surface area (Å²) in [6.45, 7) is 1.53. The molecule has 0 atom stereocenters. The van der Waals surface area contributed by atoms with Gasteiger partial charge in [0.2, 0.25) is 6.79 Å². The minimum absolute atomic E-state index is 0.0672. The number of ether oxygens (including phenoxy) is 3. The van der Waals surface area contributed by atoms with Crippen LogP contribution >= 0.6 is 0 Å². The molecule has 1 N–H and O–H groups in total. The zero-order valence-corrected chi connectivity index (χ0v) is 19.4. The van der Waals surface area contributed by atoms with Gasteiger partial charge in [0.15, 0.2) is 11.5 Å². The molecular formula is C24H23N3O6S. The van der Waals surface area contributed by atoms with Crippen molar-refractivity contribution in [2.24, 2.45) is 5.10 Å². The lowest BCUT2D eigenvalue weighted by atomic mass is 10.2. The van der Waals surface area contributed by atoms with E-state index >= 15 is 0 Å². The summed E-state index contributed by atoms with van der Waals surface area (Å²) in [5.74, 6) is 1.07. The SMILES string of the molecule is COc1cccc(N(CC(=O)N/N=C\c2ccc3c(c2)OCO3)S(=O)(=O)c2ccc(C)cc2)c1. The Balaban J connectivity index is 1.55. The number of anilines is 1. The summed E-state index contributed by atoms with van der Waals surface area (Å²) in [6, 6.07) is 18.1. The van der Waals surface area contributed by atoms with Crippen molar-refractivity contribution in [3.8, 4) is 17.2 Å². The molecule has 10 heteroatoms. The Kier molecular flexibility index (Phi) is 6.69. The van der Waals surface area contributed by atoms with E-state index in [9.17, 15) is 13.2 Å². The van der Waals surface area contributed by atoms with Crippen molar-refractivity contribution in [2.75, 3.05) is 24.8 Å². The quantitative estimate of drug-likeness (QED) is 0.392. The third-order valence-corrected chi connectivity index (χ3v) is 6.83. The van der Waals surface area contributed by atoms with Gasteiger partial charge >= 0.3 is 0 Å². The summed E-state index contributed by atoms with van der Waals surface area (Å²) in [7, 11) is -2.56. The van der Waals surface area contributed by atoms with Gasteiger partial charge in [-0.2, -0.15) is 5.10 Å². The van der Waals surface area contributed by atoms with Crippen LogP contribution < -0.4 is 23.9 Å². The van der Waals surface area contributed by atoms with Gasteiger partial charge in [-0.3, -0.25) is 9.10 Å². The highest BCUT2D eigenvalue weighted by molar-refractivity contribution is 7.92. The van der Waals surface area contributed by atoms with Crippen molar-refractivity contribution in [1.29, 1.82) is 0 Å². The average molecular weight is 482 g/mol. The maximum Gasteiger partial charge on any atom is 0.264 e. The molecule has 0 spiro atoms. The van der Waals surface area contributed by atoms with Crippen molar-refractivity contribution in [3.05, 3.63) is 77.9 Å². The zero-order valence-electron chi connectivity index (χ0n) is 18.6. The van der Waals surface area contributed by atoms with Gasteiger partial charge in [-0.25, -0.2) is 13.8 Å². The number of sulfonamides is 1. The lowest BCUT2D eigenvalue weighted by Crippen LogP contribution is -2.39. The molecule has 0 fully saturated rings. The summed E-state index contributed by atoms with van der Waals surface area (Å²) in [6.07, 6.45) is 1.43. The number of rotatable bonds is 8. The highest BCUT2D eigenvalue weighted by Crippen LogP contribution is 2.32. The van der Waals surface area contributed by atoms with Crippen LogP contribution in [0, 0.1) is 6.92 Å². The highest BCUT2D eigenvalue weighted by atomic mass is 32.2. The van der Waals surface area contributed by atoms with Gasteiger partial charge in [0.25, 0.3) is 15.9 Å². The van der Waals surface area contributed by atoms with Gasteiger partial charge in [-0.15, -0.1) is 0 Å². The lowest BCUT2D eigenvalue weighted by molar-refractivity contribution is -0.119. The van der Waals surface area contributed by atoms with Crippen LogP contribution in [0.15, 0.2) is 76.7 Å². The fourth-order valence-electron chi connectivity index (χ4n) is 3.26. The minimum atomic E-state index is -4.04. The number of aryl methyl sites for hydroxylation is 1. The maximum atomic E-state index is 13.4. The molecule has 1 amide bonds.